The van der Waals surface area contributed by atoms with Crippen LogP contribution >= 0.6 is 11.3 Å². The van der Waals surface area contributed by atoms with Crippen LogP contribution in [-0.2, 0) is 12.8 Å². The highest BCUT2D eigenvalue weighted by atomic mass is 32.1. The van der Waals surface area contributed by atoms with Crippen molar-refractivity contribution in [2.24, 2.45) is 0 Å². The minimum absolute atomic E-state index is 0.0370. The average Bonchev–Trinajstić information content (AvgIpc) is 3.28. The van der Waals surface area contributed by atoms with E-state index in [1.807, 2.05) is 19.2 Å². The number of hydrogen-bond acceptors (Lipinski definition) is 6. The Kier molecular flexibility index (Phi) is 5.69. The van der Waals surface area contributed by atoms with Crippen LogP contribution in [0, 0.1) is 0 Å². The largest absolute Gasteiger partial charge is 0.475 e. The van der Waals surface area contributed by atoms with E-state index in [1.165, 1.54) is 39.6 Å². The van der Waals surface area contributed by atoms with E-state index >= 15 is 0 Å². The van der Waals surface area contributed by atoms with Crippen LogP contribution < -0.4 is 10.1 Å². The monoisotopic (exact) mass is 466 g/mol. The number of thiophene rings is 1. The summed E-state index contributed by atoms with van der Waals surface area (Å²) in [5.74, 6) is 1.38. The summed E-state index contributed by atoms with van der Waals surface area (Å²) < 4.78 is 6.54. The lowest BCUT2D eigenvalue weighted by Crippen LogP contribution is -2.24. The predicted molar refractivity (Wildman–Crippen MR) is 139 cm³/mol. The van der Waals surface area contributed by atoms with Crippen LogP contribution in [0.4, 0.5) is 0 Å². The van der Waals surface area contributed by atoms with E-state index in [-0.39, 0.29) is 6.04 Å². The zero-order chi connectivity index (χ0) is 22.9. The number of nitrogens with zero attached hydrogens (tertiary/aromatic N) is 3. The average molecular weight is 467 g/mol. The number of aryl methyl sites for hydroxylation is 2. The van der Waals surface area contributed by atoms with Crippen LogP contribution in [0.15, 0.2) is 67.0 Å². The number of rotatable bonds is 6. The Morgan fingerprint density at radius 1 is 0.971 bits per heavy atom. The first-order valence-electron chi connectivity index (χ1n) is 11.8. The molecule has 0 saturated heterocycles. The first-order valence-corrected chi connectivity index (χ1v) is 12.6. The van der Waals surface area contributed by atoms with E-state index in [0.29, 0.717) is 18.3 Å². The quantitative estimate of drug-likeness (QED) is 0.326. The molecule has 5 nitrogen and oxygen atoms in total. The molecule has 0 bridgehead atoms. The SMILES string of the molecule is CN[C@@H](COc1nc(-c2ccncc2)nc2sc3c(c12)CCCC3)c1cccc2ccccc12. The van der Waals surface area contributed by atoms with Gasteiger partial charge in [0.2, 0.25) is 5.88 Å². The van der Waals surface area contributed by atoms with Gasteiger partial charge in [0, 0.05) is 22.8 Å². The number of fused-ring (bicyclic) bond motifs is 4. The summed E-state index contributed by atoms with van der Waals surface area (Å²) in [5.41, 5.74) is 3.56. The Balaban J connectivity index is 1.41. The van der Waals surface area contributed by atoms with Crippen LogP contribution in [0.5, 0.6) is 5.88 Å². The molecule has 3 aromatic heterocycles. The van der Waals surface area contributed by atoms with E-state index < -0.39 is 0 Å². The zero-order valence-corrected chi connectivity index (χ0v) is 19.9. The van der Waals surface area contributed by atoms with Gasteiger partial charge in [0.1, 0.15) is 11.4 Å². The molecule has 3 heterocycles. The summed E-state index contributed by atoms with van der Waals surface area (Å²) in [7, 11) is 1.99. The standard InChI is InChI=1S/C28H26N4OS/c1-29-23(21-11-6-8-18-7-2-3-9-20(18)21)17-33-27-25-22-10-4-5-12-24(22)34-28(25)32-26(31-27)19-13-15-30-16-14-19/h2-3,6-9,11,13-16,23,29H,4-5,10,12,17H2,1H3/t23-/m0/s1. The first kappa shape index (κ1) is 21.2. The summed E-state index contributed by atoms with van der Waals surface area (Å²) in [6.07, 6.45) is 8.20. The minimum atomic E-state index is 0.0370. The van der Waals surface area contributed by atoms with Gasteiger partial charge in [0.25, 0.3) is 0 Å². The van der Waals surface area contributed by atoms with E-state index in [9.17, 15) is 0 Å². The lowest BCUT2D eigenvalue weighted by molar-refractivity contribution is 0.267. The summed E-state index contributed by atoms with van der Waals surface area (Å²) in [4.78, 5) is 16.5. The van der Waals surface area contributed by atoms with Gasteiger partial charge in [-0.15, -0.1) is 11.3 Å². The number of benzene rings is 2. The van der Waals surface area contributed by atoms with Crippen LogP contribution in [0.3, 0.4) is 0 Å². The number of pyridine rings is 1. The molecule has 5 aromatic rings. The highest BCUT2D eigenvalue weighted by Gasteiger charge is 2.23. The van der Waals surface area contributed by atoms with Gasteiger partial charge in [-0.3, -0.25) is 4.98 Å². The van der Waals surface area contributed by atoms with Crippen molar-refractivity contribution in [1.29, 1.82) is 0 Å². The van der Waals surface area contributed by atoms with E-state index in [0.717, 1.165) is 28.6 Å². The van der Waals surface area contributed by atoms with E-state index in [1.54, 1.807) is 23.7 Å². The molecular formula is C28H26N4OS. The summed E-state index contributed by atoms with van der Waals surface area (Å²) in [5, 5.41) is 7.03. The highest BCUT2D eigenvalue weighted by Crippen LogP contribution is 2.40. The molecule has 0 radical (unpaired) electrons. The number of ether oxygens (including phenoxy) is 1. The van der Waals surface area contributed by atoms with Crippen molar-refractivity contribution in [3.05, 3.63) is 83.0 Å². The van der Waals surface area contributed by atoms with Gasteiger partial charge in [-0.2, -0.15) is 4.98 Å². The normalized spacial score (nSPS) is 14.3. The zero-order valence-electron chi connectivity index (χ0n) is 19.1. The molecule has 6 rings (SSSR count). The summed E-state index contributed by atoms with van der Waals surface area (Å²) in [6.45, 7) is 0.483. The molecule has 0 fully saturated rings. The van der Waals surface area contributed by atoms with Gasteiger partial charge >= 0.3 is 0 Å². The van der Waals surface area contributed by atoms with Crippen LogP contribution in [0.1, 0.15) is 34.9 Å². The van der Waals surface area contributed by atoms with Crippen molar-refractivity contribution in [2.45, 2.75) is 31.7 Å². The first-order chi connectivity index (χ1) is 16.8. The fourth-order valence-electron chi connectivity index (χ4n) is 4.90. The second-order valence-corrected chi connectivity index (χ2v) is 9.78. The molecule has 1 atom stereocenters. The Bertz CT molecular complexity index is 1460. The molecule has 2 aromatic carbocycles. The fourth-order valence-corrected chi connectivity index (χ4v) is 6.16. The Morgan fingerprint density at radius 3 is 2.68 bits per heavy atom. The molecular weight excluding hydrogens is 440 g/mol. The molecule has 1 aliphatic carbocycles. The highest BCUT2D eigenvalue weighted by molar-refractivity contribution is 7.18. The molecule has 34 heavy (non-hydrogen) atoms. The van der Waals surface area contributed by atoms with Crippen LogP contribution in [0.25, 0.3) is 32.4 Å². The van der Waals surface area contributed by atoms with E-state index in [2.05, 4.69) is 52.8 Å². The summed E-state index contributed by atoms with van der Waals surface area (Å²) >= 11 is 1.80. The van der Waals surface area contributed by atoms with Gasteiger partial charge in [0.05, 0.1) is 11.4 Å². The van der Waals surface area contributed by atoms with Crippen molar-refractivity contribution in [3.63, 3.8) is 0 Å². The second kappa shape index (κ2) is 9.12. The van der Waals surface area contributed by atoms with Gasteiger partial charge < -0.3 is 10.1 Å². The summed E-state index contributed by atoms with van der Waals surface area (Å²) in [6, 6.07) is 18.9. The number of nitrogens with one attached hydrogen (secondary N) is 1. The molecule has 0 saturated carbocycles. The number of likely N-dealkylation sites (N-methyl/N-ethyl adjacent to an activating group) is 1. The van der Waals surface area contributed by atoms with E-state index in [4.69, 9.17) is 14.7 Å². The predicted octanol–water partition coefficient (Wildman–Crippen LogP) is 6.12. The molecule has 1 N–H and O–H groups in total. The third-order valence-corrected chi connectivity index (χ3v) is 7.84. The van der Waals surface area contributed by atoms with Crippen LogP contribution in [0.2, 0.25) is 0 Å². The molecule has 1 aliphatic rings. The fraction of sp³-hybridized carbons (Fsp3) is 0.250. The van der Waals surface area contributed by atoms with Crippen molar-refractivity contribution >= 4 is 32.3 Å². The third-order valence-electron chi connectivity index (χ3n) is 6.65. The van der Waals surface area contributed by atoms with Crippen molar-refractivity contribution in [2.75, 3.05) is 13.7 Å². The molecule has 0 amide bonds. The lowest BCUT2D eigenvalue weighted by Gasteiger charge is -2.20. The van der Waals surface area contributed by atoms with Gasteiger partial charge in [-0.25, -0.2) is 4.98 Å². The molecule has 0 spiro atoms. The molecule has 0 aliphatic heterocycles. The third kappa shape index (κ3) is 3.83. The Labute approximate surface area is 202 Å². The molecule has 0 unspecified atom stereocenters. The molecule has 170 valence electrons. The topological polar surface area (TPSA) is 59.9 Å². The number of aromatic nitrogens is 3. The smallest absolute Gasteiger partial charge is 0.226 e. The lowest BCUT2D eigenvalue weighted by atomic mass is 9.97. The van der Waals surface area contributed by atoms with Crippen molar-refractivity contribution in [3.8, 4) is 17.3 Å². The maximum atomic E-state index is 6.54. The maximum absolute atomic E-state index is 6.54. The van der Waals surface area contributed by atoms with Gasteiger partial charge in [-0.05, 0) is 66.8 Å². The second-order valence-electron chi connectivity index (χ2n) is 8.70. The maximum Gasteiger partial charge on any atom is 0.226 e. The molecule has 6 heteroatoms. The van der Waals surface area contributed by atoms with Crippen molar-refractivity contribution in [1.82, 2.24) is 20.3 Å². The Morgan fingerprint density at radius 2 is 1.79 bits per heavy atom. The van der Waals surface area contributed by atoms with Crippen LogP contribution in [-0.4, -0.2) is 28.6 Å². The number of hydrogen-bond donors (Lipinski definition) is 1. The van der Waals surface area contributed by atoms with Gasteiger partial charge in [-0.1, -0.05) is 42.5 Å². The Hall–Kier alpha value is -3.35. The minimum Gasteiger partial charge on any atom is -0.475 e. The van der Waals surface area contributed by atoms with Crippen molar-refractivity contribution < 1.29 is 4.74 Å². The van der Waals surface area contributed by atoms with Gasteiger partial charge in [0.15, 0.2) is 5.82 Å².